The molecular formula is C27H22BrFN4O3S. The van der Waals surface area contributed by atoms with E-state index in [1.807, 2.05) is 35.2 Å². The first kappa shape index (κ1) is 24.9. The average molecular weight is 581 g/mol. The fraction of sp³-hybridized carbons (Fsp3) is 0.148. The minimum Gasteiger partial charge on any atom is -0.495 e. The number of nitrogens with one attached hydrogen (secondary N) is 2. The van der Waals surface area contributed by atoms with E-state index in [0.29, 0.717) is 43.8 Å². The predicted molar refractivity (Wildman–Crippen MR) is 147 cm³/mol. The van der Waals surface area contributed by atoms with Gasteiger partial charge >= 0.3 is 0 Å². The largest absolute Gasteiger partial charge is 0.495 e. The van der Waals surface area contributed by atoms with E-state index in [9.17, 15) is 9.18 Å². The lowest BCUT2D eigenvalue weighted by atomic mass is 10.0. The van der Waals surface area contributed by atoms with Crippen LogP contribution in [0.4, 0.5) is 15.8 Å². The molecule has 188 valence electrons. The maximum Gasteiger partial charge on any atom is 0.221 e. The Morgan fingerprint density at radius 1 is 1.19 bits per heavy atom. The van der Waals surface area contributed by atoms with Crippen LogP contribution in [0.2, 0.25) is 0 Å². The molecule has 37 heavy (non-hydrogen) atoms. The summed E-state index contributed by atoms with van der Waals surface area (Å²) in [5, 5.41) is 6.61. The van der Waals surface area contributed by atoms with Gasteiger partial charge in [0.05, 0.1) is 30.1 Å². The Morgan fingerprint density at radius 3 is 2.73 bits per heavy atom. The summed E-state index contributed by atoms with van der Waals surface area (Å²) in [6, 6.07) is 18.6. The molecule has 0 radical (unpaired) electrons. The van der Waals surface area contributed by atoms with Gasteiger partial charge in [-0.15, -0.1) is 0 Å². The van der Waals surface area contributed by atoms with E-state index in [2.05, 4.69) is 31.5 Å². The van der Waals surface area contributed by atoms with Crippen molar-refractivity contribution in [3.8, 4) is 17.1 Å². The predicted octanol–water partition coefficient (Wildman–Crippen LogP) is 6.39. The number of hydrogen-bond donors (Lipinski definition) is 2. The molecule has 0 spiro atoms. The van der Waals surface area contributed by atoms with Crippen LogP contribution in [0.5, 0.6) is 5.75 Å². The quantitative estimate of drug-likeness (QED) is 0.256. The van der Waals surface area contributed by atoms with E-state index in [-0.39, 0.29) is 11.9 Å². The molecular weight excluding hydrogens is 559 g/mol. The summed E-state index contributed by atoms with van der Waals surface area (Å²) in [5.74, 6) is 0.848. The molecule has 1 fully saturated rings. The maximum atomic E-state index is 14.7. The number of anilines is 2. The van der Waals surface area contributed by atoms with Crippen LogP contribution in [0.25, 0.3) is 11.3 Å². The van der Waals surface area contributed by atoms with Gasteiger partial charge in [0, 0.05) is 23.3 Å². The third kappa shape index (κ3) is 4.94. The third-order valence-corrected chi connectivity index (χ3v) is 6.79. The van der Waals surface area contributed by atoms with Crippen molar-refractivity contribution in [3.63, 3.8) is 0 Å². The van der Waals surface area contributed by atoms with Crippen LogP contribution in [0.15, 0.2) is 81.8 Å². The monoisotopic (exact) mass is 580 g/mol. The van der Waals surface area contributed by atoms with E-state index in [1.54, 1.807) is 36.5 Å². The first-order valence-electron chi connectivity index (χ1n) is 11.4. The lowest BCUT2D eigenvalue weighted by Crippen LogP contribution is -2.29. The highest BCUT2D eigenvalue weighted by Gasteiger charge is 2.43. The Labute approximate surface area is 226 Å². The van der Waals surface area contributed by atoms with E-state index in [4.69, 9.17) is 21.4 Å². The normalized spacial score (nSPS) is 17.0. The number of nitrogens with zero attached hydrogens (tertiary/aromatic N) is 2. The number of halogens is 2. The Hall–Kier alpha value is -3.76. The Bertz CT molecular complexity index is 1480. The highest BCUT2D eigenvalue weighted by atomic mass is 79.9. The Balaban J connectivity index is 1.61. The van der Waals surface area contributed by atoms with Crippen molar-refractivity contribution in [1.29, 1.82) is 0 Å². The van der Waals surface area contributed by atoms with E-state index in [1.165, 1.54) is 20.1 Å². The topological polar surface area (TPSA) is 79.6 Å². The maximum absolute atomic E-state index is 14.7. The Morgan fingerprint density at radius 2 is 2.03 bits per heavy atom. The van der Waals surface area contributed by atoms with Gasteiger partial charge in [-0.05, 0) is 72.9 Å². The van der Waals surface area contributed by atoms with Crippen LogP contribution >= 0.6 is 28.1 Å². The van der Waals surface area contributed by atoms with E-state index in [0.717, 1.165) is 5.69 Å². The van der Waals surface area contributed by atoms with Crippen molar-refractivity contribution < 1.29 is 18.3 Å². The molecule has 7 nitrogen and oxygen atoms in total. The highest BCUT2D eigenvalue weighted by Crippen LogP contribution is 2.44. The molecule has 0 saturated carbocycles. The summed E-state index contributed by atoms with van der Waals surface area (Å²) in [4.78, 5) is 18.3. The minimum atomic E-state index is -0.451. The summed E-state index contributed by atoms with van der Waals surface area (Å²) in [6.45, 7) is 1.43. The van der Waals surface area contributed by atoms with Gasteiger partial charge in [-0.1, -0.05) is 22.0 Å². The molecule has 1 amide bonds. The molecule has 0 unspecified atom stereocenters. The summed E-state index contributed by atoms with van der Waals surface area (Å²) in [5.41, 5.74) is 2.33. The van der Waals surface area contributed by atoms with Gasteiger partial charge in [-0.3, -0.25) is 9.78 Å². The molecule has 2 N–H and O–H groups in total. The number of rotatable bonds is 6. The molecule has 1 aliphatic rings. The number of amides is 1. The summed E-state index contributed by atoms with van der Waals surface area (Å²) < 4.78 is 27.0. The standard InChI is InChI=1S/C27H22BrFN4O3S/c1-15(34)31-21-14-17(7-9-23(21)35-2)33-26(25(32-27(33)37)20-5-3-4-12-30-20)24-11-10-22(36-24)18-8-6-16(28)13-19(18)29/h3-14,25-26H,1-2H3,(H,31,34)(H,32,37)/t25-,26+/m1/s1. The number of benzene rings is 2. The van der Waals surface area contributed by atoms with Crippen LogP contribution in [0.1, 0.15) is 30.5 Å². The van der Waals surface area contributed by atoms with Crippen LogP contribution in [-0.2, 0) is 4.79 Å². The van der Waals surface area contributed by atoms with Crippen molar-refractivity contribution in [2.24, 2.45) is 0 Å². The number of carbonyl (C=O) groups excluding carboxylic acids is 1. The molecule has 0 aliphatic carbocycles. The van der Waals surface area contributed by atoms with Crippen molar-refractivity contribution >= 4 is 50.5 Å². The molecule has 5 rings (SSSR count). The number of carbonyl (C=O) groups is 1. The third-order valence-electron chi connectivity index (χ3n) is 5.98. The minimum absolute atomic E-state index is 0.229. The average Bonchev–Trinajstić information content (AvgIpc) is 3.48. The Kier molecular flexibility index (Phi) is 6.94. The fourth-order valence-corrected chi connectivity index (χ4v) is 5.08. The first-order valence-corrected chi connectivity index (χ1v) is 12.6. The molecule has 4 aromatic rings. The molecule has 1 aliphatic heterocycles. The molecule has 0 bridgehead atoms. The van der Waals surface area contributed by atoms with Gasteiger partial charge in [0.15, 0.2) is 5.11 Å². The fourth-order valence-electron chi connectivity index (χ4n) is 4.40. The number of ether oxygens (including phenoxy) is 1. The zero-order valence-electron chi connectivity index (χ0n) is 19.9. The van der Waals surface area contributed by atoms with E-state index < -0.39 is 11.9 Å². The molecule has 1 saturated heterocycles. The molecule has 3 heterocycles. The number of pyridine rings is 1. The van der Waals surface area contributed by atoms with Gasteiger partial charge in [0.2, 0.25) is 5.91 Å². The van der Waals surface area contributed by atoms with Crippen molar-refractivity contribution in [2.75, 3.05) is 17.3 Å². The SMILES string of the molecule is COc1ccc(N2C(=S)N[C@H](c3ccccn3)[C@@H]2c2ccc(-c3ccc(Br)cc3F)o2)cc1NC(C)=O. The number of thiocarbonyl (C=S) groups is 1. The van der Waals surface area contributed by atoms with Gasteiger partial charge in [0.1, 0.15) is 29.1 Å². The molecule has 10 heteroatoms. The summed E-state index contributed by atoms with van der Waals surface area (Å²) in [6.07, 6.45) is 1.72. The number of hydrogen-bond acceptors (Lipinski definition) is 5. The number of aromatic nitrogens is 1. The van der Waals surface area contributed by atoms with Crippen LogP contribution in [0, 0.1) is 5.82 Å². The van der Waals surface area contributed by atoms with Crippen molar-refractivity contribution in [2.45, 2.75) is 19.0 Å². The smallest absolute Gasteiger partial charge is 0.221 e. The summed E-state index contributed by atoms with van der Waals surface area (Å²) in [7, 11) is 1.54. The van der Waals surface area contributed by atoms with Crippen LogP contribution in [0.3, 0.4) is 0 Å². The number of furan rings is 1. The number of methoxy groups -OCH3 is 1. The lowest BCUT2D eigenvalue weighted by Gasteiger charge is -2.27. The van der Waals surface area contributed by atoms with Gasteiger partial charge in [-0.2, -0.15) is 0 Å². The second-order valence-electron chi connectivity index (χ2n) is 8.39. The molecule has 2 aromatic carbocycles. The first-order chi connectivity index (χ1) is 17.9. The van der Waals surface area contributed by atoms with Gasteiger partial charge < -0.3 is 24.7 Å². The zero-order valence-corrected chi connectivity index (χ0v) is 22.3. The van der Waals surface area contributed by atoms with Gasteiger partial charge in [0.25, 0.3) is 0 Å². The van der Waals surface area contributed by atoms with Gasteiger partial charge in [-0.25, -0.2) is 4.39 Å². The van der Waals surface area contributed by atoms with Crippen molar-refractivity contribution in [1.82, 2.24) is 10.3 Å². The molecule has 2 aromatic heterocycles. The lowest BCUT2D eigenvalue weighted by molar-refractivity contribution is -0.114. The van der Waals surface area contributed by atoms with Crippen LogP contribution < -0.4 is 20.3 Å². The van der Waals surface area contributed by atoms with E-state index >= 15 is 0 Å². The second-order valence-corrected chi connectivity index (χ2v) is 9.69. The second kappa shape index (κ2) is 10.3. The summed E-state index contributed by atoms with van der Waals surface area (Å²) >= 11 is 9.06. The van der Waals surface area contributed by atoms with Crippen molar-refractivity contribution in [3.05, 3.63) is 94.7 Å². The molecule has 2 atom stereocenters. The van der Waals surface area contributed by atoms with Crippen LogP contribution in [-0.4, -0.2) is 23.1 Å². The highest BCUT2D eigenvalue weighted by molar-refractivity contribution is 9.10. The zero-order chi connectivity index (χ0) is 26.1.